The van der Waals surface area contributed by atoms with Gasteiger partial charge in [-0.3, -0.25) is 9.59 Å². The van der Waals surface area contributed by atoms with Crippen LogP contribution in [0.2, 0.25) is 0 Å². The fourth-order valence-electron chi connectivity index (χ4n) is 1.09. The second-order valence-corrected chi connectivity index (χ2v) is 4.28. The van der Waals surface area contributed by atoms with E-state index in [0.717, 1.165) is 11.8 Å². The second-order valence-electron chi connectivity index (χ2n) is 3.29. The zero-order chi connectivity index (χ0) is 11.8. The first-order valence-electron chi connectivity index (χ1n) is 4.69. The Hall–Kier alpha value is -0.750. The molecule has 0 unspecified atom stereocenters. The van der Waals surface area contributed by atoms with Gasteiger partial charge in [0.05, 0.1) is 18.1 Å². The normalized spacial score (nSPS) is 10.4. The number of amides is 1. The van der Waals surface area contributed by atoms with Gasteiger partial charge in [0.25, 0.3) is 0 Å². The van der Waals surface area contributed by atoms with Crippen LogP contribution in [0.3, 0.4) is 0 Å². The minimum absolute atomic E-state index is 0.0232. The number of carboxylic acid groups (broad SMARTS) is 1. The summed E-state index contributed by atoms with van der Waals surface area (Å²) in [7, 11) is 0. The number of carboxylic acids is 1. The lowest BCUT2D eigenvalue weighted by Crippen LogP contribution is -2.40. The Bertz CT molecular complexity index is 220. The fraction of sp³-hybridized carbons (Fsp3) is 0.778. The highest BCUT2D eigenvalue weighted by atomic mass is 32.2. The number of carbonyl (C=O) groups is 2. The van der Waals surface area contributed by atoms with Gasteiger partial charge in [-0.05, 0) is 13.8 Å². The van der Waals surface area contributed by atoms with Crippen molar-refractivity contribution in [1.82, 2.24) is 4.90 Å². The molecule has 0 aromatic rings. The van der Waals surface area contributed by atoms with E-state index in [0.29, 0.717) is 6.54 Å². The molecule has 0 radical (unpaired) electrons. The van der Waals surface area contributed by atoms with Crippen LogP contribution < -0.4 is 0 Å². The van der Waals surface area contributed by atoms with E-state index in [2.05, 4.69) is 0 Å². The molecule has 88 valence electrons. The van der Waals surface area contributed by atoms with E-state index >= 15 is 0 Å². The van der Waals surface area contributed by atoms with Crippen molar-refractivity contribution in [3.8, 4) is 0 Å². The molecular weight excluding hydrogens is 218 g/mol. The largest absolute Gasteiger partial charge is 0.481 e. The van der Waals surface area contributed by atoms with Crippen molar-refractivity contribution >= 4 is 23.6 Å². The minimum atomic E-state index is -0.925. The van der Waals surface area contributed by atoms with Crippen LogP contribution in [0, 0.1) is 0 Å². The summed E-state index contributed by atoms with van der Waals surface area (Å²) < 4.78 is 0. The van der Waals surface area contributed by atoms with Gasteiger partial charge in [0.1, 0.15) is 0 Å². The van der Waals surface area contributed by atoms with E-state index in [-0.39, 0.29) is 30.1 Å². The Morgan fingerprint density at radius 3 is 2.33 bits per heavy atom. The molecule has 0 saturated heterocycles. The third kappa shape index (κ3) is 6.35. The molecule has 2 N–H and O–H groups in total. The summed E-state index contributed by atoms with van der Waals surface area (Å²) in [5, 5.41) is 17.1. The average molecular weight is 235 g/mol. The smallest absolute Gasteiger partial charge is 0.313 e. The third-order valence-electron chi connectivity index (χ3n) is 1.74. The number of nitrogens with zero attached hydrogens (tertiary/aromatic N) is 1. The van der Waals surface area contributed by atoms with Crippen LogP contribution in [0.15, 0.2) is 0 Å². The lowest BCUT2D eigenvalue weighted by atomic mass is 10.3. The quantitative estimate of drug-likeness (QED) is 0.651. The molecule has 0 spiro atoms. The van der Waals surface area contributed by atoms with E-state index in [9.17, 15) is 9.59 Å². The van der Waals surface area contributed by atoms with Gasteiger partial charge in [-0.15, -0.1) is 11.8 Å². The molecular formula is C9H17NO4S. The molecule has 0 saturated carbocycles. The van der Waals surface area contributed by atoms with Crippen molar-refractivity contribution < 1.29 is 19.8 Å². The van der Waals surface area contributed by atoms with E-state index in [1.165, 1.54) is 4.90 Å². The first kappa shape index (κ1) is 14.2. The number of thioether (sulfide) groups is 1. The standard InChI is InChI=1S/C9H17NO4S/c1-7(2)10(3-4-11)8(12)5-15-6-9(13)14/h7,11H,3-6H2,1-2H3,(H,13,14). The van der Waals surface area contributed by atoms with Gasteiger partial charge in [-0.1, -0.05) is 0 Å². The number of rotatable bonds is 7. The minimum Gasteiger partial charge on any atom is -0.481 e. The number of hydrogen-bond acceptors (Lipinski definition) is 4. The van der Waals surface area contributed by atoms with Gasteiger partial charge in [0.15, 0.2) is 0 Å². The SMILES string of the molecule is CC(C)N(CCO)C(=O)CSCC(=O)O. The molecule has 0 atom stereocenters. The Balaban J connectivity index is 3.97. The maximum Gasteiger partial charge on any atom is 0.313 e. The van der Waals surface area contributed by atoms with Gasteiger partial charge in [-0.25, -0.2) is 0 Å². The lowest BCUT2D eigenvalue weighted by Gasteiger charge is -2.25. The van der Waals surface area contributed by atoms with Crippen LogP contribution in [-0.2, 0) is 9.59 Å². The Morgan fingerprint density at radius 2 is 1.93 bits per heavy atom. The van der Waals surface area contributed by atoms with Gasteiger partial charge in [0.2, 0.25) is 5.91 Å². The van der Waals surface area contributed by atoms with Crippen molar-refractivity contribution in [2.24, 2.45) is 0 Å². The lowest BCUT2D eigenvalue weighted by molar-refractivity contribution is -0.133. The Morgan fingerprint density at radius 1 is 1.33 bits per heavy atom. The summed E-state index contributed by atoms with van der Waals surface area (Å²) >= 11 is 1.07. The summed E-state index contributed by atoms with van der Waals surface area (Å²) in [6, 6.07) is 0.0232. The van der Waals surface area contributed by atoms with E-state index in [1.807, 2.05) is 13.8 Å². The van der Waals surface area contributed by atoms with Gasteiger partial charge in [0, 0.05) is 12.6 Å². The molecule has 0 aromatic carbocycles. The number of hydrogen-bond donors (Lipinski definition) is 2. The van der Waals surface area contributed by atoms with Crippen LogP contribution in [0.1, 0.15) is 13.8 Å². The summed E-state index contributed by atoms with van der Waals surface area (Å²) in [6.45, 7) is 3.93. The molecule has 1 amide bonds. The highest BCUT2D eigenvalue weighted by Gasteiger charge is 2.16. The molecule has 0 aliphatic carbocycles. The molecule has 0 heterocycles. The molecule has 5 nitrogen and oxygen atoms in total. The van der Waals surface area contributed by atoms with Gasteiger partial charge < -0.3 is 15.1 Å². The first-order valence-corrected chi connectivity index (χ1v) is 5.84. The molecule has 15 heavy (non-hydrogen) atoms. The summed E-state index contributed by atoms with van der Waals surface area (Å²) in [4.78, 5) is 23.3. The summed E-state index contributed by atoms with van der Waals surface area (Å²) in [6.07, 6.45) is 0. The average Bonchev–Trinajstić information content (AvgIpc) is 2.12. The van der Waals surface area contributed by atoms with Crippen LogP contribution in [0.4, 0.5) is 0 Å². The molecule has 0 aliphatic rings. The fourth-order valence-corrected chi connectivity index (χ4v) is 1.70. The van der Waals surface area contributed by atoms with E-state index in [4.69, 9.17) is 10.2 Å². The summed E-state index contributed by atoms with van der Waals surface area (Å²) in [5.74, 6) is -0.988. The topological polar surface area (TPSA) is 77.8 Å². The zero-order valence-corrected chi connectivity index (χ0v) is 9.79. The van der Waals surface area contributed by atoms with Crippen LogP contribution in [0.5, 0.6) is 0 Å². The molecule has 0 fully saturated rings. The first-order chi connectivity index (χ1) is 6.99. The van der Waals surface area contributed by atoms with Gasteiger partial charge >= 0.3 is 5.97 Å². The monoisotopic (exact) mass is 235 g/mol. The van der Waals surface area contributed by atoms with E-state index in [1.54, 1.807) is 0 Å². The predicted octanol–water partition coefficient (Wildman–Crippen LogP) is 0.0335. The molecule has 6 heteroatoms. The third-order valence-corrected chi connectivity index (χ3v) is 2.64. The molecule has 0 rings (SSSR count). The van der Waals surface area contributed by atoms with Crippen LogP contribution in [0.25, 0.3) is 0 Å². The zero-order valence-electron chi connectivity index (χ0n) is 8.97. The van der Waals surface area contributed by atoms with Crippen molar-refractivity contribution in [3.05, 3.63) is 0 Å². The summed E-state index contributed by atoms with van der Waals surface area (Å²) in [5.41, 5.74) is 0. The van der Waals surface area contributed by atoms with Crippen molar-refractivity contribution in [1.29, 1.82) is 0 Å². The molecule has 0 aliphatic heterocycles. The maximum atomic E-state index is 11.6. The van der Waals surface area contributed by atoms with Crippen molar-refractivity contribution in [3.63, 3.8) is 0 Å². The Labute approximate surface area is 93.5 Å². The highest BCUT2D eigenvalue weighted by Crippen LogP contribution is 2.05. The Kier molecular flexibility index (Phi) is 7.15. The number of aliphatic hydroxyl groups is 1. The molecule has 0 bridgehead atoms. The van der Waals surface area contributed by atoms with Crippen molar-refractivity contribution in [2.45, 2.75) is 19.9 Å². The van der Waals surface area contributed by atoms with E-state index < -0.39 is 5.97 Å². The number of aliphatic hydroxyl groups excluding tert-OH is 1. The maximum absolute atomic E-state index is 11.6. The van der Waals surface area contributed by atoms with Crippen LogP contribution in [-0.4, -0.2) is 57.7 Å². The van der Waals surface area contributed by atoms with Gasteiger partial charge in [-0.2, -0.15) is 0 Å². The predicted molar refractivity (Wildman–Crippen MR) is 58.9 cm³/mol. The highest BCUT2D eigenvalue weighted by molar-refractivity contribution is 8.00. The number of carbonyl (C=O) groups excluding carboxylic acids is 1. The van der Waals surface area contributed by atoms with Crippen molar-refractivity contribution in [2.75, 3.05) is 24.7 Å². The molecule has 0 aromatic heterocycles. The van der Waals surface area contributed by atoms with Crippen LogP contribution >= 0.6 is 11.8 Å². The second kappa shape index (κ2) is 7.53. The number of aliphatic carboxylic acids is 1.